The Morgan fingerprint density at radius 2 is 2.13 bits per heavy atom. The topological polar surface area (TPSA) is 70.2 Å². The Hall–Kier alpha value is -1.10. The molecular weight excluding hydrogens is 194 g/mol. The first-order valence-electron chi connectivity index (χ1n) is 5.40. The van der Waals surface area contributed by atoms with Crippen LogP contribution in [0.4, 0.5) is 0 Å². The predicted molar refractivity (Wildman–Crippen MR) is 57.3 cm³/mol. The second kappa shape index (κ2) is 5.70. The summed E-state index contributed by atoms with van der Waals surface area (Å²) in [6.45, 7) is 2.56. The fourth-order valence-corrected chi connectivity index (χ4v) is 1.67. The summed E-state index contributed by atoms with van der Waals surface area (Å²) in [6, 6.07) is -0.600. The van der Waals surface area contributed by atoms with Crippen LogP contribution in [0.2, 0.25) is 0 Å². The summed E-state index contributed by atoms with van der Waals surface area (Å²) >= 11 is 0. The molecule has 0 bridgehead atoms. The minimum Gasteiger partial charge on any atom is -0.357 e. The molecule has 2 unspecified atom stereocenters. The van der Waals surface area contributed by atoms with Crippen molar-refractivity contribution < 1.29 is 9.59 Å². The summed E-state index contributed by atoms with van der Waals surface area (Å²) in [6.07, 6.45) is 3.04. The average Bonchev–Trinajstić information content (AvgIpc) is 2.29. The molecule has 1 rings (SSSR count). The molecule has 1 aliphatic rings. The first-order chi connectivity index (χ1) is 7.15. The molecule has 1 heterocycles. The van der Waals surface area contributed by atoms with Gasteiger partial charge in [-0.05, 0) is 26.3 Å². The molecule has 2 atom stereocenters. The molecule has 0 aromatic rings. The normalized spacial score (nSPS) is 22.9. The smallest absolute Gasteiger partial charge is 0.242 e. The second-order valence-corrected chi connectivity index (χ2v) is 3.85. The van der Waals surface area contributed by atoms with Crippen LogP contribution < -0.4 is 16.0 Å². The van der Waals surface area contributed by atoms with Crippen LogP contribution >= 0.6 is 0 Å². The largest absolute Gasteiger partial charge is 0.357 e. The zero-order valence-electron chi connectivity index (χ0n) is 9.30. The number of piperidine rings is 1. The number of nitrogens with one attached hydrogen (secondary N) is 3. The predicted octanol–water partition coefficient (Wildman–Crippen LogP) is -0.621. The van der Waals surface area contributed by atoms with E-state index in [-0.39, 0.29) is 17.9 Å². The molecule has 5 nitrogen and oxygen atoms in total. The molecule has 15 heavy (non-hydrogen) atoms. The average molecular weight is 213 g/mol. The van der Waals surface area contributed by atoms with E-state index in [4.69, 9.17) is 0 Å². The maximum absolute atomic E-state index is 11.7. The van der Waals surface area contributed by atoms with Gasteiger partial charge in [0.15, 0.2) is 0 Å². The molecule has 1 fully saturated rings. The zero-order chi connectivity index (χ0) is 11.3. The summed E-state index contributed by atoms with van der Waals surface area (Å²) in [5.41, 5.74) is 0. The Labute approximate surface area is 90.0 Å². The number of carbonyl (C=O) groups is 2. The zero-order valence-corrected chi connectivity index (χ0v) is 9.30. The van der Waals surface area contributed by atoms with Gasteiger partial charge < -0.3 is 16.0 Å². The standard InChI is InChI=1S/C10H19N3O2/c1-7(9(14)11-2)13-10(15)8-5-3-4-6-12-8/h7-8,12H,3-6H2,1-2H3,(H,11,14)(H,13,15). The van der Waals surface area contributed by atoms with E-state index in [0.717, 1.165) is 25.8 Å². The highest BCUT2D eigenvalue weighted by Crippen LogP contribution is 2.06. The summed E-state index contributed by atoms with van der Waals surface area (Å²) in [7, 11) is 1.56. The second-order valence-electron chi connectivity index (χ2n) is 3.85. The van der Waals surface area contributed by atoms with Crippen molar-refractivity contribution in [3.63, 3.8) is 0 Å². The lowest BCUT2D eigenvalue weighted by Crippen LogP contribution is -2.52. The first-order valence-corrected chi connectivity index (χ1v) is 5.40. The lowest BCUT2D eigenvalue weighted by molar-refractivity contribution is -0.129. The van der Waals surface area contributed by atoms with Crippen molar-refractivity contribution >= 4 is 11.8 Å². The third kappa shape index (κ3) is 3.51. The van der Waals surface area contributed by atoms with Crippen LogP contribution in [0, 0.1) is 0 Å². The Morgan fingerprint density at radius 3 is 2.67 bits per heavy atom. The number of hydrogen-bond donors (Lipinski definition) is 3. The molecule has 0 saturated carbocycles. The van der Waals surface area contributed by atoms with Gasteiger partial charge in [0, 0.05) is 7.05 Å². The molecular formula is C10H19N3O2. The van der Waals surface area contributed by atoms with Crippen molar-refractivity contribution in [1.82, 2.24) is 16.0 Å². The molecule has 0 radical (unpaired) electrons. The van der Waals surface area contributed by atoms with Gasteiger partial charge in [0.1, 0.15) is 6.04 Å². The van der Waals surface area contributed by atoms with Crippen molar-refractivity contribution in [2.45, 2.75) is 38.3 Å². The highest BCUT2D eigenvalue weighted by atomic mass is 16.2. The van der Waals surface area contributed by atoms with E-state index < -0.39 is 6.04 Å². The molecule has 5 heteroatoms. The molecule has 86 valence electrons. The van der Waals surface area contributed by atoms with Crippen LogP contribution in [-0.4, -0.2) is 37.5 Å². The Bertz CT molecular complexity index is 237. The number of hydrogen-bond acceptors (Lipinski definition) is 3. The lowest BCUT2D eigenvalue weighted by atomic mass is 10.0. The fraction of sp³-hybridized carbons (Fsp3) is 0.800. The minimum atomic E-state index is -0.466. The van der Waals surface area contributed by atoms with E-state index >= 15 is 0 Å². The van der Waals surface area contributed by atoms with Crippen LogP contribution in [-0.2, 0) is 9.59 Å². The van der Waals surface area contributed by atoms with Gasteiger partial charge in [-0.15, -0.1) is 0 Å². The lowest BCUT2D eigenvalue weighted by Gasteiger charge is -2.24. The van der Waals surface area contributed by atoms with Crippen molar-refractivity contribution in [3.05, 3.63) is 0 Å². The fourth-order valence-electron chi connectivity index (χ4n) is 1.67. The van der Waals surface area contributed by atoms with E-state index in [0.29, 0.717) is 0 Å². The van der Waals surface area contributed by atoms with Crippen LogP contribution in [0.15, 0.2) is 0 Å². The van der Waals surface area contributed by atoms with Crippen LogP contribution in [0.1, 0.15) is 26.2 Å². The van der Waals surface area contributed by atoms with E-state index in [1.165, 1.54) is 0 Å². The maximum Gasteiger partial charge on any atom is 0.242 e. The molecule has 0 aromatic heterocycles. The van der Waals surface area contributed by atoms with Gasteiger partial charge in [-0.1, -0.05) is 6.42 Å². The van der Waals surface area contributed by atoms with E-state index in [1.54, 1.807) is 14.0 Å². The van der Waals surface area contributed by atoms with Crippen molar-refractivity contribution in [2.75, 3.05) is 13.6 Å². The Kier molecular flexibility index (Phi) is 4.55. The van der Waals surface area contributed by atoms with Gasteiger partial charge >= 0.3 is 0 Å². The number of carbonyl (C=O) groups excluding carboxylic acids is 2. The molecule has 0 spiro atoms. The summed E-state index contributed by atoms with van der Waals surface area (Å²) < 4.78 is 0. The number of likely N-dealkylation sites (N-methyl/N-ethyl adjacent to an activating group) is 1. The van der Waals surface area contributed by atoms with Gasteiger partial charge in [-0.2, -0.15) is 0 Å². The van der Waals surface area contributed by atoms with E-state index in [9.17, 15) is 9.59 Å². The van der Waals surface area contributed by atoms with Crippen molar-refractivity contribution in [2.24, 2.45) is 0 Å². The Morgan fingerprint density at radius 1 is 1.40 bits per heavy atom. The van der Waals surface area contributed by atoms with Gasteiger partial charge in [0.05, 0.1) is 6.04 Å². The van der Waals surface area contributed by atoms with Crippen LogP contribution in [0.3, 0.4) is 0 Å². The SMILES string of the molecule is CNC(=O)C(C)NC(=O)C1CCCCN1. The van der Waals surface area contributed by atoms with Gasteiger partial charge in [0.2, 0.25) is 11.8 Å². The molecule has 1 saturated heterocycles. The van der Waals surface area contributed by atoms with Gasteiger partial charge in [-0.3, -0.25) is 9.59 Å². The highest BCUT2D eigenvalue weighted by molar-refractivity contribution is 5.89. The summed E-state index contributed by atoms with van der Waals surface area (Å²) in [4.78, 5) is 22.9. The highest BCUT2D eigenvalue weighted by Gasteiger charge is 2.23. The van der Waals surface area contributed by atoms with Crippen LogP contribution in [0.25, 0.3) is 0 Å². The minimum absolute atomic E-state index is 0.0780. The monoisotopic (exact) mass is 213 g/mol. The molecule has 1 aliphatic heterocycles. The Balaban J connectivity index is 2.36. The van der Waals surface area contributed by atoms with E-state index in [1.807, 2.05) is 0 Å². The molecule has 2 amide bonds. The van der Waals surface area contributed by atoms with E-state index in [2.05, 4.69) is 16.0 Å². The summed E-state index contributed by atoms with van der Waals surface area (Å²) in [5, 5.41) is 8.32. The number of rotatable bonds is 3. The molecule has 0 aliphatic carbocycles. The van der Waals surface area contributed by atoms with Crippen molar-refractivity contribution in [3.8, 4) is 0 Å². The third-order valence-electron chi connectivity index (χ3n) is 2.63. The summed E-state index contributed by atoms with van der Waals surface area (Å²) in [5.74, 6) is -0.245. The van der Waals surface area contributed by atoms with Crippen LogP contribution in [0.5, 0.6) is 0 Å². The first kappa shape index (κ1) is 12.0. The van der Waals surface area contributed by atoms with Gasteiger partial charge in [0.25, 0.3) is 0 Å². The third-order valence-corrected chi connectivity index (χ3v) is 2.63. The number of amides is 2. The maximum atomic E-state index is 11.7. The molecule has 3 N–H and O–H groups in total. The quantitative estimate of drug-likeness (QED) is 0.585. The van der Waals surface area contributed by atoms with Crippen molar-refractivity contribution in [1.29, 1.82) is 0 Å². The molecule has 0 aromatic carbocycles. The van der Waals surface area contributed by atoms with Gasteiger partial charge in [-0.25, -0.2) is 0 Å².